The van der Waals surface area contributed by atoms with Gasteiger partial charge >= 0.3 is 0 Å². The number of hydrogen-bond acceptors (Lipinski definition) is 2. The topological polar surface area (TPSA) is 29.5 Å². The molecule has 0 bridgehead atoms. The van der Waals surface area contributed by atoms with Crippen molar-refractivity contribution >= 4 is 16.6 Å². The summed E-state index contributed by atoms with van der Waals surface area (Å²) in [5.74, 6) is 0. The summed E-state index contributed by atoms with van der Waals surface area (Å²) in [7, 11) is -3.16. The van der Waals surface area contributed by atoms with Crippen LogP contribution in [0.5, 0.6) is 0 Å². The van der Waals surface area contributed by atoms with E-state index in [4.69, 9.17) is 9.22 Å². The van der Waals surface area contributed by atoms with Gasteiger partial charge in [-0.25, -0.2) is 0 Å². The summed E-state index contributed by atoms with van der Waals surface area (Å²) in [4.78, 5) is 0. The molecule has 100 valence electrons. The van der Waals surface area contributed by atoms with Gasteiger partial charge in [-0.05, 0) is 40.0 Å². The maximum absolute atomic E-state index is 8.06. The molecule has 0 heterocycles. The van der Waals surface area contributed by atoms with Crippen LogP contribution in [0.1, 0.15) is 13.8 Å². The van der Waals surface area contributed by atoms with Crippen molar-refractivity contribution in [1.29, 1.82) is 0 Å². The molecule has 0 saturated heterocycles. The van der Waals surface area contributed by atoms with Gasteiger partial charge in [-0.1, -0.05) is 11.4 Å². The van der Waals surface area contributed by atoms with Crippen molar-refractivity contribution in [2.45, 2.75) is 46.1 Å². The van der Waals surface area contributed by atoms with Crippen molar-refractivity contribution in [3.05, 3.63) is 24.6 Å². The predicted molar refractivity (Wildman–Crippen MR) is 73.8 cm³/mol. The number of aliphatic hydroxyl groups excluding tert-OH is 1. The summed E-state index contributed by atoms with van der Waals surface area (Å²) in [5.41, 5.74) is 3.93. The Morgan fingerprint density at radius 1 is 1.00 bits per heavy atom. The largest absolute Gasteiger partial charge is 0.449 e. The van der Waals surface area contributed by atoms with Crippen LogP contribution in [0, 0.1) is 0 Å². The molecule has 0 fully saturated rings. The molecule has 0 aliphatic carbocycles. The van der Waals surface area contributed by atoms with E-state index >= 15 is 0 Å². The summed E-state index contributed by atoms with van der Waals surface area (Å²) in [5, 5.41) is 8.06. The van der Waals surface area contributed by atoms with Crippen molar-refractivity contribution in [3.63, 3.8) is 0 Å². The zero-order valence-corrected chi connectivity index (χ0v) is 15.6. The van der Waals surface area contributed by atoms with Gasteiger partial charge in [0, 0.05) is 27.2 Å². The molecular formula is C11H26O2PtSi2. The minimum absolute atomic E-state index is 0. The van der Waals surface area contributed by atoms with Gasteiger partial charge in [-0.3, -0.25) is 0 Å². The number of hydrogen-bond donors (Lipinski definition) is 1. The Morgan fingerprint density at radius 3 is 1.31 bits per heavy atom. The molecule has 0 aromatic heterocycles. The van der Waals surface area contributed by atoms with Crippen LogP contribution >= 0.6 is 0 Å². The van der Waals surface area contributed by atoms with Gasteiger partial charge in [0.2, 0.25) is 0 Å². The molecule has 0 atom stereocenters. The molecule has 0 saturated carbocycles. The van der Waals surface area contributed by atoms with Crippen LogP contribution in [0.3, 0.4) is 0 Å². The Morgan fingerprint density at radius 2 is 1.19 bits per heavy atom. The summed E-state index contributed by atoms with van der Waals surface area (Å²) in [6, 6.07) is 0. The molecule has 0 spiro atoms. The monoisotopic (exact) mass is 441 g/mol. The minimum atomic E-state index is -1.58. The summed E-state index contributed by atoms with van der Waals surface area (Å²) in [6.07, 6.45) is -0.167. The first-order valence-electron chi connectivity index (χ1n) is 5.21. The van der Waals surface area contributed by atoms with Crippen LogP contribution in [-0.4, -0.2) is 27.8 Å². The molecule has 16 heavy (non-hydrogen) atoms. The van der Waals surface area contributed by atoms with Gasteiger partial charge in [-0.15, -0.1) is 13.2 Å². The summed E-state index contributed by atoms with van der Waals surface area (Å²) in [6.45, 7) is 19.6. The Balaban J connectivity index is -0.000000292. The van der Waals surface area contributed by atoms with E-state index in [0.717, 1.165) is 0 Å². The van der Waals surface area contributed by atoms with Gasteiger partial charge < -0.3 is 9.22 Å². The fourth-order valence-electron chi connectivity index (χ4n) is 0.761. The quantitative estimate of drug-likeness (QED) is 0.679. The van der Waals surface area contributed by atoms with Crippen LogP contribution in [0.2, 0.25) is 26.2 Å². The fraction of sp³-hybridized carbons (Fsp3) is 0.636. The first-order valence-corrected chi connectivity index (χ1v) is 11.2. The standard InChI is InChI=1S/C8H18OSi2.C3H8O.Pt/c1-7-10(3,4)9-11(5,6)8-2;1-3(2)4;/h7-8H,1-2H2,3-6H3;3-4H,1-2H3;. The first kappa shape index (κ1) is 21.8. The van der Waals surface area contributed by atoms with Gasteiger partial charge in [0.05, 0.1) is 0 Å². The maximum Gasteiger partial charge on any atom is 0.198 e. The van der Waals surface area contributed by atoms with Crippen LogP contribution in [0.15, 0.2) is 24.6 Å². The van der Waals surface area contributed by atoms with Gasteiger partial charge in [0.25, 0.3) is 0 Å². The third kappa shape index (κ3) is 16.9. The molecular weight excluding hydrogens is 415 g/mol. The van der Waals surface area contributed by atoms with E-state index in [2.05, 4.69) is 39.3 Å². The molecule has 0 aliphatic heterocycles. The van der Waals surface area contributed by atoms with Gasteiger partial charge in [-0.2, -0.15) is 0 Å². The Bertz CT molecular complexity index is 183. The van der Waals surface area contributed by atoms with Crippen molar-refractivity contribution in [3.8, 4) is 0 Å². The number of aliphatic hydroxyl groups is 1. The van der Waals surface area contributed by atoms with E-state index in [1.807, 2.05) is 11.4 Å². The maximum atomic E-state index is 8.06. The van der Waals surface area contributed by atoms with Crippen molar-refractivity contribution < 1.29 is 30.3 Å². The Labute approximate surface area is 117 Å². The van der Waals surface area contributed by atoms with Crippen molar-refractivity contribution in [1.82, 2.24) is 0 Å². The molecule has 1 N–H and O–H groups in total. The van der Waals surface area contributed by atoms with E-state index in [9.17, 15) is 0 Å². The van der Waals surface area contributed by atoms with Crippen molar-refractivity contribution in [2.24, 2.45) is 0 Å². The zero-order chi connectivity index (χ0) is 12.7. The van der Waals surface area contributed by atoms with Gasteiger partial charge in [0.1, 0.15) is 0 Å². The molecule has 0 unspecified atom stereocenters. The number of rotatable bonds is 4. The minimum Gasteiger partial charge on any atom is -0.449 e. The van der Waals surface area contributed by atoms with E-state index in [1.54, 1.807) is 13.8 Å². The molecule has 0 aromatic rings. The molecule has 2 nitrogen and oxygen atoms in total. The second-order valence-electron chi connectivity index (χ2n) is 4.81. The van der Waals surface area contributed by atoms with Crippen LogP contribution in [0.4, 0.5) is 0 Å². The van der Waals surface area contributed by atoms with E-state index in [-0.39, 0.29) is 27.2 Å². The molecule has 0 amide bonds. The third-order valence-electron chi connectivity index (χ3n) is 1.51. The SMILES string of the molecule is C=C[Si](C)(C)O[Si](C)(C)C=C.CC(C)O.[Pt]. The van der Waals surface area contributed by atoms with E-state index in [0.29, 0.717) is 0 Å². The van der Waals surface area contributed by atoms with E-state index in [1.165, 1.54) is 0 Å². The third-order valence-corrected chi connectivity index (χ3v) is 7.68. The van der Waals surface area contributed by atoms with E-state index < -0.39 is 16.6 Å². The predicted octanol–water partition coefficient (Wildman–Crippen LogP) is 3.25. The second-order valence-corrected chi connectivity index (χ2v) is 12.9. The second kappa shape index (κ2) is 9.54. The summed E-state index contributed by atoms with van der Waals surface area (Å²) >= 11 is 0. The fourth-order valence-corrected chi connectivity index (χ4v) is 6.85. The van der Waals surface area contributed by atoms with Crippen LogP contribution in [0.25, 0.3) is 0 Å². The van der Waals surface area contributed by atoms with Crippen LogP contribution in [-0.2, 0) is 25.2 Å². The van der Waals surface area contributed by atoms with Crippen LogP contribution < -0.4 is 0 Å². The average Bonchev–Trinajstić information content (AvgIpc) is 2.02. The first-order chi connectivity index (χ1) is 6.56. The normalized spacial score (nSPS) is 11.0. The molecule has 5 heteroatoms. The molecule has 0 radical (unpaired) electrons. The Kier molecular flexibility index (Phi) is 13.0. The molecule has 0 aliphatic rings. The zero-order valence-electron chi connectivity index (χ0n) is 11.3. The van der Waals surface area contributed by atoms with Crippen molar-refractivity contribution in [2.75, 3.05) is 0 Å². The Hall–Kier alpha value is 0.522. The smallest absolute Gasteiger partial charge is 0.198 e. The summed E-state index contributed by atoms with van der Waals surface area (Å²) < 4.78 is 5.97. The molecule has 0 aromatic carbocycles. The average molecular weight is 442 g/mol. The van der Waals surface area contributed by atoms with Gasteiger partial charge in [0.15, 0.2) is 16.6 Å². The molecule has 0 rings (SSSR count).